The van der Waals surface area contributed by atoms with Crippen LogP contribution in [0.25, 0.3) is 0 Å². The van der Waals surface area contributed by atoms with E-state index < -0.39 is 10.0 Å². The third-order valence-electron chi connectivity index (χ3n) is 2.87. The molecule has 1 N–H and O–H groups in total. The number of piperidine rings is 1. The van der Waals surface area contributed by atoms with E-state index in [1.165, 1.54) is 0 Å². The minimum Gasteiger partial charge on any atom is -0.319 e. The van der Waals surface area contributed by atoms with Crippen molar-refractivity contribution in [2.24, 2.45) is 5.41 Å². The van der Waals surface area contributed by atoms with E-state index in [1.54, 1.807) is 11.4 Å². The number of sulfonamides is 1. The lowest BCUT2D eigenvalue weighted by Gasteiger charge is -2.37. The van der Waals surface area contributed by atoms with E-state index in [0.29, 0.717) is 19.6 Å². The average molecular weight is 234 g/mol. The number of rotatable bonds is 4. The maximum atomic E-state index is 11.9. The minimum atomic E-state index is -3.05. The van der Waals surface area contributed by atoms with E-state index in [2.05, 4.69) is 19.2 Å². The van der Waals surface area contributed by atoms with E-state index in [0.717, 1.165) is 12.8 Å². The fourth-order valence-electron chi connectivity index (χ4n) is 1.97. The highest BCUT2D eigenvalue weighted by molar-refractivity contribution is 7.89. The van der Waals surface area contributed by atoms with Crippen molar-refractivity contribution in [2.75, 3.05) is 32.4 Å². The second-order valence-electron chi connectivity index (χ2n) is 5.02. The summed E-state index contributed by atoms with van der Waals surface area (Å²) in [6, 6.07) is 0. The molecule has 0 saturated carbocycles. The molecule has 1 aliphatic rings. The Kier molecular flexibility index (Phi) is 4.14. The zero-order valence-corrected chi connectivity index (χ0v) is 10.7. The molecule has 1 fully saturated rings. The first kappa shape index (κ1) is 12.9. The van der Waals surface area contributed by atoms with Gasteiger partial charge in [-0.1, -0.05) is 13.8 Å². The van der Waals surface area contributed by atoms with Gasteiger partial charge in [0.15, 0.2) is 0 Å². The number of nitrogens with one attached hydrogen (secondary N) is 1. The van der Waals surface area contributed by atoms with Crippen molar-refractivity contribution in [1.29, 1.82) is 0 Å². The molecule has 1 heterocycles. The average Bonchev–Trinajstić information content (AvgIpc) is 2.13. The first-order valence-electron chi connectivity index (χ1n) is 5.50. The van der Waals surface area contributed by atoms with Crippen molar-refractivity contribution in [1.82, 2.24) is 9.62 Å². The van der Waals surface area contributed by atoms with E-state index in [-0.39, 0.29) is 11.2 Å². The molecule has 0 bridgehead atoms. The molecule has 1 aliphatic heterocycles. The van der Waals surface area contributed by atoms with Gasteiger partial charge < -0.3 is 5.32 Å². The number of nitrogens with zero attached hydrogens (tertiary/aromatic N) is 1. The summed E-state index contributed by atoms with van der Waals surface area (Å²) in [5.41, 5.74) is 0.130. The molecule has 0 aromatic rings. The van der Waals surface area contributed by atoms with Crippen molar-refractivity contribution in [3.8, 4) is 0 Å². The Morgan fingerprint density at radius 3 is 2.60 bits per heavy atom. The molecule has 0 spiro atoms. The normalized spacial score (nSPS) is 22.9. The van der Waals surface area contributed by atoms with Gasteiger partial charge in [0.05, 0.1) is 5.75 Å². The van der Waals surface area contributed by atoms with E-state index in [4.69, 9.17) is 0 Å². The summed E-state index contributed by atoms with van der Waals surface area (Å²) in [7, 11) is -1.27. The van der Waals surface area contributed by atoms with Gasteiger partial charge in [-0.15, -0.1) is 0 Å². The van der Waals surface area contributed by atoms with Crippen LogP contribution in [-0.4, -0.2) is 45.2 Å². The van der Waals surface area contributed by atoms with Crippen LogP contribution >= 0.6 is 0 Å². The summed E-state index contributed by atoms with van der Waals surface area (Å²) in [5.74, 6) is 0.208. The zero-order chi connectivity index (χ0) is 11.5. The Bertz CT molecular complexity index is 299. The van der Waals surface area contributed by atoms with Gasteiger partial charge in [-0.2, -0.15) is 0 Å². The molecule has 1 saturated heterocycles. The second-order valence-corrected chi connectivity index (χ2v) is 7.11. The molecule has 0 unspecified atom stereocenters. The lowest BCUT2D eigenvalue weighted by Crippen LogP contribution is -2.45. The molecule has 0 radical (unpaired) electrons. The highest BCUT2D eigenvalue weighted by Crippen LogP contribution is 2.29. The molecule has 0 atom stereocenters. The molecule has 4 nitrogen and oxygen atoms in total. The largest absolute Gasteiger partial charge is 0.319 e. The Morgan fingerprint density at radius 2 is 2.07 bits per heavy atom. The third kappa shape index (κ3) is 3.74. The van der Waals surface area contributed by atoms with Crippen LogP contribution in [0.4, 0.5) is 0 Å². The van der Waals surface area contributed by atoms with Gasteiger partial charge in [0.1, 0.15) is 0 Å². The quantitative estimate of drug-likeness (QED) is 0.777. The van der Waals surface area contributed by atoms with Gasteiger partial charge in [0, 0.05) is 19.6 Å². The second kappa shape index (κ2) is 4.80. The number of hydrogen-bond acceptors (Lipinski definition) is 3. The topological polar surface area (TPSA) is 49.4 Å². The first-order valence-corrected chi connectivity index (χ1v) is 7.11. The summed E-state index contributed by atoms with van der Waals surface area (Å²) in [6.07, 6.45) is 2.09. The van der Waals surface area contributed by atoms with Crippen LogP contribution in [0.3, 0.4) is 0 Å². The standard InChI is InChI=1S/C10H22N2O2S/c1-10(2)5-4-7-12(9-10)15(13,14)8-6-11-3/h11H,4-9H2,1-3H3. The fraction of sp³-hybridized carbons (Fsp3) is 1.00. The molecule has 15 heavy (non-hydrogen) atoms. The van der Waals surface area contributed by atoms with Crippen LogP contribution in [0.15, 0.2) is 0 Å². The SMILES string of the molecule is CNCCS(=O)(=O)N1CCCC(C)(C)C1. The highest BCUT2D eigenvalue weighted by Gasteiger charge is 2.32. The fourth-order valence-corrected chi connectivity index (χ4v) is 3.64. The van der Waals surface area contributed by atoms with Gasteiger partial charge >= 0.3 is 0 Å². The summed E-state index contributed by atoms with van der Waals surface area (Å²) in [4.78, 5) is 0. The van der Waals surface area contributed by atoms with E-state index in [9.17, 15) is 8.42 Å². The molecule has 0 aliphatic carbocycles. The molecule has 0 aromatic carbocycles. The Hall–Kier alpha value is -0.130. The maximum absolute atomic E-state index is 11.9. The highest BCUT2D eigenvalue weighted by atomic mass is 32.2. The minimum absolute atomic E-state index is 0.130. The summed E-state index contributed by atoms with van der Waals surface area (Å²) in [5, 5.41) is 2.88. The number of hydrogen-bond donors (Lipinski definition) is 1. The van der Waals surface area contributed by atoms with Gasteiger partial charge in [0.2, 0.25) is 10.0 Å². The lowest BCUT2D eigenvalue weighted by molar-refractivity contribution is 0.187. The van der Waals surface area contributed by atoms with Crippen molar-refractivity contribution < 1.29 is 8.42 Å². The van der Waals surface area contributed by atoms with E-state index >= 15 is 0 Å². The monoisotopic (exact) mass is 234 g/mol. The summed E-state index contributed by atoms with van der Waals surface area (Å²) < 4.78 is 25.5. The molecule has 0 aromatic heterocycles. The van der Waals surface area contributed by atoms with Crippen molar-refractivity contribution in [3.63, 3.8) is 0 Å². The molecular weight excluding hydrogens is 212 g/mol. The van der Waals surface area contributed by atoms with Crippen molar-refractivity contribution in [2.45, 2.75) is 26.7 Å². The van der Waals surface area contributed by atoms with Crippen LogP contribution in [0, 0.1) is 5.41 Å². The third-order valence-corrected chi connectivity index (χ3v) is 4.69. The van der Waals surface area contributed by atoms with Gasteiger partial charge in [-0.25, -0.2) is 12.7 Å². The van der Waals surface area contributed by atoms with Crippen LogP contribution < -0.4 is 5.32 Å². The van der Waals surface area contributed by atoms with E-state index in [1.807, 2.05) is 0 Å². The summed E-state index contributed by atoms with van der Waals surface area (Å²) in [6.45, 7) is 6.15. The van der Waals surface area contributed by atoms with Crippen LogP contribution in [-0.2, 0) is 10.0 Å². The molecular formula is C10H22N2O2S. The van der Waals surface area contributed by atoms with Crippen molar-refractivity contribution >= 4 is 10.0 Å². The van der Waals surface area contributed by atoms with Gasteiger partial charge in [-0.05, 0) is 25.3 Å². The smallest absolute Gasteiger partial charge is 0.215 e. The predicted octanol–water partition coefficient (Wildman–Crippen LogP) is 0.658. The molecule has 5 heteroatoms. The van der Waals surface area contributed by atoms with Crippen molar-refractivity contribution in [3.05, 3.63) is 0 Å². The van der Waals surface area contributed by atoms with Crippen LogP contribution in [0.5, 0.6) is 0 Å². The zero-order valence-electron chi connectivity index (χ0n) is 9.91. The van der Waals surface area contributed by atoms with Gasteiger partial charge in [0.25, 0.3) is 0 Å². The molecule has 90 valence electrons. The van der Waals surface area contributed by atoms with Crippen LogP contribution in [0.1, 0.15) is 26.7 Å². The lowest BCUT2D eigenvalue weighted by atomic mass is 9.85. The Labute approximate surface area is 93.1 Å². The van der Waals surface area contributed by atoms with Gasteiger partial charge in [-0.3, -0.25) is 0 Å². The maximum Gasteiger partial charge on any atom is 0.215 e. The van der Waals surface area contributed by atoms with Crippen LogP contribution in [0.2, 0.25) is 0 Å². The Balaban J connectivity index is 2.63. The Morgan fingerprint density at radius 1 is 1.40 bits per heavy atom. The summed E-state index contributed by atoms with van der Waals surface area (Å²) >= 11 is 0. The predicted molar refractivity (Wildman–Crippen MR) is 62.3 cm³/mol. The molecule has 1 rings (SSSR count). The first-order chi connectivity index (χ1) is 6.87. The molecule has 0 amide bonds.